The van der Waals surface area contributed by atoms with E-state index >= 15 is 0 Å². The summed E-state index contributed by atoms with van der Waals surface area (Å²) in [5, 5.41) is 13.4. The maximum absolute atomic E-state index is 9.09. The van der Waals surface area contributed by atoms with Crippen molar-refractivity contribution in [2.75, 3.05) is 37.7 Å². The van der Waals surface area contributed by atoms with E-state index in [0.717, 1.165) is 5.92 Å². The van der Waals surface area contributed by atoms with Gasteiger partial charge in [0.25, 0.3) is 0 Å². The van der Waals surface area contributed by atoms with Crippen molar-refractivity contribution < 1.29 is 5.11 Å². The summed E-state index contributed by atoms with van der Waals surface area (Å²) in [6.45, 7) is 4.54. The molecule has 3 heterocycles. The Morgan fingerprint density at radius 3 is 2.85 bits per heavy atom. The molecule has 112 valence electrons. The summed E-state index contributed by atoms with van der Waals surface area (Å²) < 4.78 is 1.98. The first kappa shape index (κ1) is 14.4. The van der Waals surface area contributed by atoms with Gasteiger partial charge in [-0.15, -0.1) is 0 Å². The minimum atomic E-state index is 0.173. The van der Waals surface area contributed by atoms with E-state index in [2.05, 4.69) is 27.8 Å². The lowest BCUT2D eigenvalue weighted by atomic mass is 9.92. The summed E-state index contributed by atoms with van der Waals surface area (Å²) in [4.78, 5) is 2.65. The van der Waals surface area contributed by atoms with Crippen LogP contribution >= 0.6 is 11.8 Å². The lowest BCUT2D eigenvalue weighted by Gasteiger charge is -2.33. The predicted molar refractivity (Wildman–Crippen MR) is 83.2 cm³/mol. The molecule has 0 bridgehead atoms. The number of nitrogens with zero attached hydrogens (tertiary/aromatic N) is 3. The molecule has 1 aromatic heterocycles. The van der Waals surface area contributed by atoms with Gasteiger partial charge in [-0.05, 0) is 55.8 Å². The summed E-state index contributed by atoms with van der Waals surface area (Å²) in [6, 6.07) is 2.13. The van der Waals surface area contributed by atoms with E-state index in [1.807, 2.05) is 10.9 Å². The second kappa shape index (κ2) is 6.96. The van der Waals surface area contributed by atoms with E-state index < -0.39 is 0 Å². The molecule has 4 nitrogen and oxygen atoms in total. The molecule has 1 aromatic rings. The molecule has 0 aromatic carbocycles. The van der Waals surface area contributed by atoms with Crippen LogP contribution in [0.2, 0.25) is 0 Å². The van der Waals surface area contributed by atoms with Crippen LogP contribution < -0.4 is 0 Å². The van der Waals surface area contributed by atoms with Gasteiger partial charge >= 0.3 is 0 Å². The van der Waals surface area contributed by atoms with E-state index in [9.17, 15) is 0 Å². The van der Waals surface area contributed by atoms with Gasteiger partial charge in [-0.25, -0.2) is 0 Å². The highest BCUT2D eigenvalue weighted by Gasteiger charge is 2.25. The number of likely N-dealkylation sites (tertiary alicyclic amines) is 1. The molecule has 0 spiro atoms. The number of hydrogen-bond donors (Lipinski definition) is 1. The van der Waals surface area contributed by atoms with E-state index in [1.165, 1.54) is 56.1 Å². The van der Waals surface area contributed by atoms with Gasteiger partial charge in [0.15, 0.2) is 0 Å². The molecule has 2 fully saturated rings. The summed E-state index contributed by atoms with van der Waals surface area (Å²) in [7, 11) is 0. The van der Waals surface area contributed by atoms with Gasteiger partial charge in [-0.1, -0.05) is 0 Å². The molecular weight excluding hydrogens is 270 g/mol. The second-order valence-corrected chi connectivity index (χ2v) is 7.16. The Labute approximate surface area is 125 Å². The van der Waals surface area contributed by atoms with Gasteiger partial charge in [0.2, 0.25) is 0 Å². The largest absolute Gasteiger partial charge is 0.394 e. The van der Waals surface area contributed by atoms with Crippen molar-refractivity contribution in [2.45, 2.75) is 31.7 Å². The number of aliphatic hydroxyl groups is 1. The monoisotopic (exact) mass is 295 g/mol. The minimum Gasteiger partial charge on any atom is -0.394 e. The Bertz CT molecular complexity index is 409. The zero-order valence-electron chi connectivity index (χ0n) is 12.1. The van der Waals surface area contributed by atoms with E-state index in [-0.39, 0.29) is 6.61 Å². The molecule has 0 amide bonds. The van der Waals surface area contributed by atoms with Crippen LogP contribution in [0.1, 0.15) is 30.9 Å². The zero-order chi connectivity index (χ0) is 13.8. The predicted octanol–water partition coefficient (Wildman–Crippen LogP) is 1.81. The summed E-state index contributed by atoms with van der Waals surface area (Å²) in [5.41, 5.74) is 1.31. The highest BCUT2D eigenvalue weighted by molar-refractivity contribution is 7.99. The van der Waals surface area contributed by atoms with Crippen LogP contribution in [-0.4, -0.2) is 57.5 Å². The van der Waals surface area contributed by atoms with E-state index in [1.54, 1.807) is 0 Å². The number of rotatable bonds is 5. The maximum atomic E-state index is 9.09. The molecule has 2 aliphatic heterocycles. The summed E-state index contributed by atoms with van der Waals surface area (Å²) in [6.07, 6.45) is 5.74. The third-order valence-corrected chi connectivity index (χ3v) is 5.84. The quantitative estimate of drug-likeness (QED) is 0.899. The first-order valence-electron chi connectivity index (χ1n) is 7.79. The topological polar surface area (TPSA) is 41.3 Å². The lowest BCUT2D eigenvalue weighted by molar-refractivity contribution is 0.184. The normalized spacial score (nSPS) is 25.4. The summed E-state index contributed by atoms with van der Waals surface area (Å²) >= 11 is 2.11. The fourth-order valence-electron chi connectivity index (χ4n) is 3.48. The van der Waals surface area contributed by atoms with Crippen molar-refractivity contribution in [3.05, 3.63) is 18.0 Å². The Hall–Kier alpha value is -0.520. The van der Waals surface area contributed by atoms with Crippen molar-refractivity contribution in [3.63, 3.8) is 0 Å². The minimum absolute atomic E-state index is 0.173. The molecule has 5 heteroatoms. The van der Waals surface area contributed by atoms with E-state index in [0.29, 0.717) is 12.5 Å². The van der Waals surface area contributed by atoms with Gasteiger partial charge in [-0.2, -0.15) is 16.9 Å². The summed E-state index contributed by atoms with van der Waals surface area (Å²) in [5.74, 6) is 4.28. The van der Waals surface area contributed by atoms with Crippen LogP contribution in [-0.2, 0) is 6.54 Å². The molecule has 20 heavy (non-hydrogen) atoms. The van der Waals surface area contributed by atoms with Gasteiger partial charge < -0.3 is 10.0 Å². The Morgan fingerprint density at radius 1 is 1.30 bits per heavy atom. The third-order valence-electron chi connectivity index (χ3n) is 4.61. The molecule has 1 unspecified atom stereocenters. The van der Waals surface area contributed by atoms with Crippen molar-refractivity contribution in [1.29, 1.82) is 0 Å². The molecule has 1 N–H and O–H groups in total. The molecule has 0 saturated carbocycles. The average Bonchev–Trinajstić information content (AvgIpc) is 3.12. The number of piperidine rings is 1. The molecular formula is C15H25N3OS. The lowest BCUT2D eigenvalue weighted by Crippen LogP contribution is -2.37. The first-order valence-corrected chi connectivity index (χ1v) is 8.95. The van der Waals surface area contributed by atoms with Crippen molar-refractivity contribution in [2.24, 2.45) is 5.92 Å². The zero-order valence-corrected chi connectivity index (χ0v) is 12.9. The first-order chi connectivity index (χ1) is 9.86. The van der Waals surface area contributed by atoms with Crippen LogP contribution in [0.25, 0.3) is 0 Å². The van der Waals surface area contributed by atoms with Gasteiger partial charge in [0.05, 0.1) is 13.2 Å². The molecule has 1 atom stereocenters. The van der Waals surface area contributed by atoms with Gasteiger partial charge in [-0.3, -0.25) is 4.68 Å². The van der Waals surface area contributed by atoms with Crippen molar-refractivity contribution in [3.8, 4) is 0 Å². The highest BCUT2D eigenvalue weighted by atomic mass is 32.2. The molecule has 0 radical (unpaired) electrons. The SMILES string of the molecule is OCCn1nccc1C1CCN(CC2CCSC2)CC1. The van der Waals surface area contributed by atoms with Crippen LogP contribution in [0.15, 0.2) is 12.3 Å². The number of thioether (sulfide) groups is 1. The van der Waals surface area contributed by atoms with Crippen LogP contribution in [0, 0.1) is 5.92 Å². The average molecular weight is 295 g/mol. The van der Waals surface area contributed by atoms with E-state index in [4.69, 9.17) is 5.11 Å². The van der Waals surface area contributed by atoms with Crippen LogP contribution in [0.3, 0.4) is 0 Å². The number of hydrogen-bond acceptors (Lipinski definition) is 4. The third kappa shape index (κ3) is 3.38. The van der Waals surface area contributed by atoms with Crippen molar-refractivity contribution >= 4 is 11.8 Å². The molecule has 2 saturated heterocycles. The fourth-order valence-corrected chi connectivity index (χ4v) is 4.75. The smallest absolute Gasteiger partial charge is 0.0644 e. The highest BCUT2D eigenvalue weighted by Crippen LogP contribution is 2.30. The fraction of sp³-hybridized carbons (Fsp3) is 0.800. The maximum Gasteiger partial charge on any atom is 0.0644 e. The molecule has 3 rings (SSSR count). The standard InChI is InChI=1S/C15H25N3OS/c19-9-8-18-15(1-5-16-18)14-2-6-17(7-3-14)11-13-4-10-20-12-13/h1,5,13-14,19H,2-4,6-12H2. The van der Waals surface area contributed by atoms with Gasteiger partial charge in [0, 0.05) is 24.4 Å². The van der Waals surface area contributed by atoms with Gasteiger partial charge in [0.1, 0.15) is 0 Å². The Kier molecular flexibility index (Phi) is 5.02. The van der Waals surface area contributed by atoms with Crippen LogP contribution in [0.5, 0.6) is 0 Å². The number of aromatic nitrogens is 2. The Balaban J connectivity index is 1.51. The molecule has 0 aliphatic carbocycles. The Morgan fingerprint density at radius 2 is 2.15 bits per heavy atom. The van der Waals surface area contributed by atoms with Crippen molar-refractivity contribution in [1.82, 2.24) is 14.7 Å². The van der Waals surface area contributed by atoms with Crippen LogP contribution in [0.4, 0.5) is 0 Å². The number of aliphatic hydroxyl groups excluding tert-OH is 1. The molecule has 2 aliphatic rings. The second-order valence-electron chi connectivity index (χ2n) is 6.01.